The van der Waals surface area contributed by atoms with Crippen LogP contribution in [0, 0.1) is 19.8 Å². The first-order chi connectivity index (χ1) is 16.2. The van der Waals surface area contributed by atoms with E-state index in [1.807, 2.05) is 32.0 Å². The first-order valence-electron chi connectivity index (χ1n) is 11.0. The normalized spacial score (nSPS) is 14.8. The van der Waals surface area contributed by atoms with Gasteiger partial charge in [0.2, 0.25) is 11.8 Å². The third-order valence-electron chi connectivity index (χ3n) is 5.99. The molecule has 0 atom stereocenters. The number of halogens is 3. The maximum absolute atomic E-state index is 12.7. The Morgan fingerprint density at radius 2 is 1.97 bits per heavy atom. The highest BCUT2D eigenvalue weighted by Gasteiger charge is 2.30. The van der Waals surface area contributed by atoms with Crippen molar-refractivity contribution in [2.75, 3.05) is 18.4 Å². The van der Waals surface area contributed by atoms with Crippen molar-refractivity contribution in [2.45, 2.75) is 39.3 Å². The molecule has 2 aromatic heterocycles. The third-order valence-corrected chi connectivity index (χ3v) is 5.99. The van der Waals surface area contributed by atoms with Crippen LogP contribution >= 0.6 is 0 Å². The molecular weight excluding hydrogens is 449 g/mol. The second-order valence-corrected chi connectivity index (χ2v) is 8.42. The van der Waals surface area contributed by atoms with Crippen molar-refractivity contribution in [3.05, 3.63) is 65.0 Å². The number of benzene rings is 1. The Hall–Kier alpha value is -3.56. The third kappa shape index (κ3) is 5.67. The number of carbonyl (C=O) groups is 1. The van der Waals surface area contributed by atoms with Crippen molar-refractivity contribution in [3.63, 3.8) is 0 Å². The molecule has 0 radical (unpaired) electrons. The minimum Gasteiger partial charge on any atom is -0.439 e. The first-order valence-corrected chi connectivity index (χ1v) is 11.0. The molecule has 7 nitrogen and oxygen atoms in total. The van der Waals surface area contributed by atoms with Gasteiger partial charge in [0, 0.05) is 30.9 Å². The highest BCUT2D eigenvalue weighted by atomic mass is 19.4. The lowest BCUT2D eigenvalue weighted by atomic mass is 9.90. The van der Waals surface area contributed by atoms with E-state index in [0.29, 0.717) is 30.6 Å². The maximum Gasteiger partial charge on any atom is 0.417 e. The molecule has 0 unspecified atom stereocenters. The summed E-state index contributed by atoms with van der Waals surface area (Å²) >= 11 is 0. The maximum atomic E-state index is 12.7. The average molecular weight is 474 g/mol. The van der Waals surface area contributed by atoms with Crippen molar-refractivity contribution in [1.82, 2.24) is 15.0 Å². The number of alkyl halides is 3. The molecule has 4 rings (SSSR count). The number of aryl methyl sites for hydroxylation is 1. The number of anilines is 1. The second kappa shape index (κ2) is 9.74. The van der Waals surface area contributed by atoms with Crippen LogP contribution in [0.25, 0.3) is 0 Å². The Kier molecular flexibility index (Phi) is 6.76. The lowest BCUT2D eigenvalue weighted by Crippen LogP contribution is -2.41. The molecular formula is C24H25F3N4O3. The Bertz CT molecular complexity index is 1140. The van der Waals surface area contributed by atoms with Gasteiger partial charge in [-0.15, -0.1) is 0 Å². The van der Waals surface area contributed by atoms with Crippen molar-refractivity contribution >= 4 is 11.9 Å². The molecule has 1 fully saturated rings. The number of ether oxygens (including phenoxy) is 1. The smallest absolute Gasteiger partial charge is 0.417 e. The van der Waals surface area contributed by atoms with Crippen LogP contribution in [0.3, 0.4) is 0 Å². The molecule has 3 aromatic rings. The van der Waals surface area contributed by atoms with Crippen LogP contribution in [0.5, 0.6) is 11.6 Å². The van der Waals surface area contributed by atoms with Gasteiger partial charge in [-0.2, -0.15) is 13.2 Å². The van der Waals surface area contributed by atoms with Gasteiger partial charge in [-0.05, 0) is 62.8 Å². The second-order valence-electron chi connectivity index (χ2n) is 8.42. The van der Waals surface area contributed by atoms with Crippen LogP contribution in [-0.2, 0) is 12.6 Å². The zero-order chi connectivity index (χ0) is 24.3. The molecule has 1 aromatic carbocycles. The molecule has 1 saturated heterocycles. The molecule has 1 N–H and O–H groups in total. The van der Waals surface area contributed by atoms with Crippen LogP contribution in [0.1, 0.15) is 35.2 Å². The average Bonchev–Trinajstić information content (AvgIpc) is 3.12. The largest absolute Gasteiger partial charge is 0.439 e. The SMILES string of the molecule is Cc1noc(NC(=O)N2CCC(Cc3cccc(Oc4ccc(C(F)(F)F)cn4)c3)CC2)c1C. The minimum absolute atomic E-state index is 0.0988. The number of likely N-dealkylation sites (tertiary alicyclic amines) is 1. The van der Waals surface area contributed by atoms with E-state index in [9.17, 15) is 18.0 Å². The standard InChI is InChI=1S/C24H25F3N4O3/c1-15-16(2)30-34-22(15)29-23(32)31-10-8-17(9-11-31)12-18-4-3-5-20(13-18)33-21-7-6-19(14-28-21)24(25,26)27/h3-7,13-14,17H,8-12H2,1-2H3,(H,29,32). The fraction of sp³-hybridized carbons (Fsp3) is 0.375. The Morgan fingerprint density at radius 1 is 1.21 bits per heavy atom. The quantitative estimate of drug-likeness (QED) is 0.492. The number of amides is 2. The number of hydrogen-bond acceptors (Lipinski definition) is 5. The number of nitrogens with one attached hydrogen (secondary N) is 1. The predicted molar refractivity (Wildman–Crippen MR) is 119 cm³/mol. The summed E-state index contributed by atoms with van der Waals surface area (Å²) in [5.41, 5.74) is 1.80. The molecule has 0 aliphatic carbocycles. The van der Waals surface area contributed by atoms with Gasteiger partial charge in [-0.25, -0.2) is 9.78 Å². The van der Waals surface area contributed by atoms with E-state index in [0.717, 1.165) is 48.3 Å². The molecule has 180 valence electrons. The molecule has 0 spiro atoms. The van der Waals surface area contributed by atoms with Crippen molar-refractivity contribution in [1.29, 1.82) is 0 Å². The minimum atomic E-state index is -4.43. The molecule has 2 amide bonds. The molecule has 10 heteroatoms. The highest BCUT2D eigenvalue weighted by Crippen LogP contribution is 2.30. The van der Waals surface area contributed by atoms with Gasteiger partial charge in [0.1, 0.15) is 5.75 Å². The van der Waals surface area contributed by atoms with Crippen molar-refractivity contribution in [2.24, 2.45) is 5.92 Å². The van der Waals surface area contributed by atoms with E-state index < -0.39 is 11.7 Å². The van der Waals surface area contributed by atoms with Gasteiger partial charge in [-0.1, -0.05) is 17.3 Å². The number of rotatable bonds is 5. The van der Waals surface area contributed by atoms with Gasteiger partial charge >= 0.3 is 12.2 Å². The lowest BCUT2D eigenvalue weighted by Gasteiger charge is -2.31. The highest BCUT2D eigenvalue weighted by molar-refractivity contribution is 5.88. The van der Waals surface area contributed by atoms with E-state index in [1.165, 1.54) is 6.07 Å². The summed E-state index contributed by atoms with van der Waals surface area (Å²) < 4.78 is 48.9. The Balaban J connectivity index is 1.29. The predicted octanol–water partition coefficient (Wildman–Crippen LogP) is 5.98. The van der Waals surface area contributed by atoms with Crippen LogP contribution in [0.4, 0.5) is 23.8 Å². The Labute approximate surface area is 194 Å². The number of nitrogens with zero attached hydrogens (tertiary/aromatic N) is 3. The number of aromatic nitrogens is 2. The van der Waals surface area contributed by atoms with Crippen LogP contribution in [-0.4, -0.2) is 34.2 Å². The van der Waals surface area contributed by atoms with Gasteiger partial charge in [-0.3, -0.25) is 5.32 Å². The van der Waals surface area contributed by atoms with Crippen molar-refractivity contribution < 1.29 is 27.2 Å². The molecule has 0 bridgehead atoms. The molecule has 0 saturated carbocycles. The summed E-state index contributed by atoms with van der Waals surface area (Å²) in [6, 6.07) is 9.40. The summed E-state index contributed by atoms with van der Waals surface area (Å²) in [5, 5.41) is 6.63. The molecule has 1 aliphatic rings. The fourth-order valence-corrected chi connectivity index (χ4v) is 3.85. The van der Waals surface area contributed by atoms with Gasteiger partial charge in [0.25, 0.3) is 0 Å². The summed E-state index contributed by atoms with van der Waals surface area (Å²) in [6.45, 7) is 4.93. The zero-order valence-electron chi connectivity index (χ0n) is 18.9. The summed E-state index contributed by atoms with van der Waals surface area (Å²) in [5.74, 6) is 1.39. The lowest BCUT2D eigenvalue weighted by molar-refractivity contribution is -0.137. The van der Waals surface area contributed by atoms with Crippen molar-refractivity contribution in [3.8, 4) is 11.6 Å². The summed E-state index contributed by atoms with van der Waals surface area (Å²) in [4.78, 5) is 18.0. The van der Waals surface area contributed by atoms with Crippen LogP contribution in [0.15, 0.2) is 47.1 Å². The van der Waals surface area contributed by atoms with Gasteiger partial charge in [0.15, 0.2) is 0 Å². The van der Waals surface area contributed by atoms with E-state index in [2.05, 4.69) is 15.5 Å². The monoisotopic (exact) mass is 474 g/mol. The van der Waals surface area contributed by atoms with Gasteiger partial charge in [0.05, 0.1) is 11.3 Å². The number of urea groups is 1. The molecule has 34 heavy (non-hydrogen) atoms. The van der Waals surface area contributed by atoms with E-state index in [4.69, 9.17) is 9.26 Å². The summed E-state index contributed by atoms with van der Waals surface area (Å²) in [7, 11) is 0. The van der Waals surface area contributed by atoms with Crippen LogP contribution in [0.2, 0.25) is 0 Å². The Morgan fingerprint density at radius 3 is 2.59 bits per heavy atom. The number of piperidine rings is 1. The van der Waals surface area contributed by atoms with E-state index >= 15 is 0 Å². The summed E-state index contributed by atoms with van der Waals surface area (Å²) in [6.07, 6.45) is -1.15. The molecule has 3 heterocycles. The zero-order valence-corrected chi connectivity index (χ0v) is 18.9. The van der Waals surface area contributed by atoms with Gasteiger partial charge < -0.3 is 14.2 Å². The fourth-order valence-electron chi connectivity index (χ4n) is 3.85. The number of carbonyl (C=O) groups excluding carboxylic acids is 1. The van der Waals surface area contributed by atoms with Crippen LogP contribution < -0.4 is 10.1 Å². The number of hydrogen-bond donors (Lipinski definition) is 1. The molecule has 1 aliphatic heterocycles. The number of pyridine rings is 1. The topological polar surface area (TPSA) is 80.5 Å². The first kappa shape index (κ1) is 23.6. The van der Waals surface area contributed by atoms with E-state index in [-0.39, 0.29) is 11.9 Å². The van der Waals surface area contributed by atoms with E-state index in [1.54, 1.807) is 11.0 Å².